The second-order valence-corrected chi connectivity index (χ2v) is 9.41. The molecule has 1 aromatic carbocycles. The Bertz CT molecular complexity index is 911. The number of aromatic nitrogens is 1. The van der Waals surface area contributed by atoms with Crippen molar-refractivity contribution >= 4 is 16.8 Å². The van der Waals surface area contributed by atoms with E-state index in [0.29, 0.717) is 5.92 Å². The van der Waals surface area contributed by atoms with Crippen LogP contribution < -0.4 is 0 Å². The molecule has 3 aliphatic rings. The summed E-state index contributed by atoms with van der Waals surface area (Å²) in [5, 5.41) is 1.01. The number of pyridine rings is 1. The van der Waals surface area contributed by atoms with Crippen molar-refractivity contribution in [2.24, 2.45) is 5.92 Å². The van der Waals surface area contributed by atoms with E-state index in [9.17, 15) is 4.79 Å². The molecular formula is C24H32N4O2. The molecule has 3 fully saturated rings. The van der Waals surface area contributed by atoms with Crippen molar-refractivity contribution in [1.82, 2.24) is 19.7 Å². The number of ether oxygens (including phenoxy) is 1. The zero-order chi connectivity index (χ0) is 20.6. The summed E-state index contributed by atoms with van der Waals surface area (Å²) in [4.78, 5) is 24.6. The van der Waals surface area contributed by atoms with Crippen LogP contribution in [0.5, 0.6) is 0 Å². The molecule has 1 amide bonds. The van der Waals surface area contributed by atoms with E-state index in [1.165, 1.54) is 0 Å². The first kappa shape index (κ1) is 19.9. The number of carbonyl (C=O) groups is 1. The Morgan fingerprint density at radius 3 is 2.93 bits per heavy atom. The first-order valence-corrected chi connectivity index (χ1v) is 11.3. The Hall–Kier alpha value is -2.02. The van der Waals surface area contributed by atoms with Crippen molar-refractivity contribution in [2.75, 3.05) is 59.5 Å². The first-order chi connectivity index (χ1) is 14.6. The Kier molecular flexibility index (Phi) is 5.48. The minimum Gasteiger partial charge on any atom is -0.373 e. The molecule has 0 radical (unpaired) electrons. The molecule has 2 atom stereocenters. The molecule has 0 bridgehead atoms. The molecule has 2 unspecified atom stereocenters. The largest absolute Gasteiger partial charge is 0.373 e. The third-order valence-corrected chi connectivity index (χ3v) is 7.07. The minimum absolute atomic E-state index is 0.117. The van der Waals surface area contributed by atoms with Gasteiger partial charge in [0.25, 0.3) is 5.91 Å². The second kappa shape index (κ2) is 8.25. The van der Waals surface area contributed by atoms with Gasteiger partial charge >= 0.3 is 0 Å². The topological polar surface area (TPSA) is 48.9 Å². The van der Waals surface area contributed by atoms with Crippen LogP contribution in [0.3, 0.4) is 0 Å². The summed E-state index contributed by atoms with van der Waals surface area (Å²) in [5.74, 6) is 0.696. The van der Waals surface area contributed by atoms with Gasteiger partial charge in [0.15, 0.2) is 0 Å². The average Bonchev–Trinajstić information content (AvgIpc) is 3.15. The van der Waals surface area contributed by atoms with E-state index < -0.39 is 0 Å². The lowest BCUT2D eigenvalue weighted by atomic mass is 9.86. The van der Waals surface area contributed by atoms with Crippen LogP contribution in [-0.4, -0.2) is 90.7 Å². The molecule has 1 spiro atoms. The summed E-state index contributed by atoms with van der Waals surface area (Å²) < 4.78 is 6.40. The van der Waals surface area contributed by atoms with E-state index in [2.05, 4.69) is 21.8 Å². The number of amides is 1. The molecule has 3 saturated heterocycles. The lowest BCUT2D eigenvalue weighted by molar-refractivity contribution is -0.0450. The average molecular weight is 409 g/mol. The Morgan fingerprint density at radius 2 is 2.07 bits per heavy atom. The number of nitrogens with zero attached hydrogens (tertiary/aromatic N) is 4. The zero-order valence-electron chi connectivity index (χ0n) is 17.9. The highest BCUT2D eigenvalue weighted by Crippen LogP contribution is 2.38. The summed E-state index contributed by atoms with van der Waals surface area (Å²) in [6, 6.07) is 9.75. The molecule has 30 heavy (non-hydrogen) atoms. The number of fused-ring (bicyclic) bond motifs is 1. The third-order valence-electron chi connectivity index (χ3n) is 7.07. The monoisotopic (exact) mass is 408 g/mol. The van der Waals surface area contributed by atoms with Gasteiger partial charge in [-0.15, -0.1) is 0 Å². The van der Waals surface area contributed by atoms with Crippen molar-refractivity contribution in [2.45, 2.75) is 24.9 Å². The summed E-state index contributed by atoms with van der Waals surface area (Å²) in [6.07, 6.45) is 4.94. The molecule has 0 N–H and O–H groups in total. The van der Waals surface area contributed by atoms with Gasteiger partial charge in [-0.25, -0.2) is 0 Å². The summed E-state index contributed by atoms with van der Waals surface area (Å²) >= 11 is 0. The summed E-state index contributed by atoms with van der Waals surface area (Å²) in [6.45, 7) is 8.11. The number of carbonyl (C=O) groups excluding carboxylic acids is 1. The van der Waals surface area contributed by atoms with Gasteiger partial charge in [0.1, 0.15) is 0 Å². The maximum Gasteiger partial charge on any atom is 0.253 e. The molecule has 6 nitrogen and oxygen atoms in total. The molecule has 4 heterocycles. The standard InChI is InChI=1S/C24H32N4O2/c1-26-10-12-27(13-11-26)16-19-15-24(30-17-19)7-3-9-28(18-24)23(29)21-5-6-22-20(14-21)4-2-8-25-22/h2,4-6,8,14,19H,3,7,9-13,15-18H2,1H3. The quantitative estimate of drug-likeness (QED) is 0.781. The van der Waals surface area contributed by atoms with Gasteiger partial charge in [-0.05, 0) is 56.5 Å². The fourth-order valence-electron chi connectivity index (χ4n) is 5.40. The normalized spacial score (nSPS) is 28.4. The highest BCUT2D eigenvalue weighted by molar-refractivity contribution is 5.98. The van der Waals surface area contributed by atoms with Gasteiger partial charge in [0.2, 0.25) is 0 Å². The van der Waals surface area contributed by atoms with Gasteiger partial charge in [-0.1, -0.05) is 6.07 Å². The van der Waals surface area contributed by atoms with Gasteiger partial charge in [0, 0.05) is 63.0 Å². The van der Waals surface area contributed by atoms with E-state index in [-0.39, 0.29) is 11.5 Å². The third kappa shape index (κ3) is 4.09. The van der Waals surface area contributed by atoms with Crippen LogP contribution in [0, 0.1) is 5.92 Å². The number of rotatable bonds is 3. The number of piperazine rings is 1. The molecular weight excluding hydrogens is 376 g/mol. The van der Waals surface area contributed by atoms with Crippen LogP contribution in [0.4, 0.5) is 0 Å². The molecule has 2 aromatic rings. The van der Waals surface area contributed by atoms with E-state index in [0.717, 1.165) is 88.1 Å². The predicted molar refractivity (Wildman–Crippen MR) is 118 cm³/mol. The highest BCUT2D eigenvalue weighted by Gasteiger charge is 2.44. The van der Waals surface area contributed by atoms with Crippen LogP contribution in [0.15, 0.2) is 36.5 Å². The lowest BCUT2D eigenvalue weighted by Gasteiger charge is -2.40. The fraction of sp³-hybridized carbons (Fsp3) is 0.583. The summed E-state index contributed by atoms with van der Waals surface area (Å²) in [5.41, 5.74) is 1.53. The van der Waals surface area contributed by atoms with Crippen molar-refractivity contribution in [1.29, 1.82) is 0 Å². The van der Waals surface area contributed by atoms with E-state index >= 15 is 0 Å². The Morgan fingerprint density at radius 1 is 1.20 bits per heavy atom. The van der Waals surface area contributed by atoms with E-state index in [1.54, 1.807) is 6.20 Å². The van der Waals surface area contributed by atoms with E-state index in [4.69, 9.17) is 4.74 Å². The van der Waals surface area contributed by atoms with Crippen molar-refractivity contribution in [3.05, 3.63) is 42.1 Å². The lowest BCUT2D eigenvalue weighted by Crippen LogP contribution is -2.50. The number of hydrogen-bond acceptors (Lipinski definition) is 5. The predicted octanol–water partition coefficient (Wildman–Crippen LogP) is 2.49. The Balaban J connectivity index is 1.23. The van der Waals surface area contributed by atoms with Crippen LogP contribution in [0.1, 0.15) is 29.6 Å². The Labute approximate surface area is 178 Å². The van der Waals surface area contributed by atoms with Crippen molar-refractivity contribution in [3.8, 4) is 0 Å². The minimum atomic E-state index is -0.149. The first-order valence-electron chi connectivity index (χ1n) is 11.3. The number of likely N-dealkylation sites (tertiary alicyclic amines) is 1. The molecule has 1 aromatic heterocycles. The molecule has 0 saturated carbocycles. The number of likely N-dealkylation sites (N-methyl/N-ethyl adjacent to an activating group) is 1. The second-order valence-electron chi connectivity index (χ2n) is 9.41. The number of piperidine rings is 1. The number of benzene rings is 1. The maximum atomic E-state index is 13.2. The molecule has 3 aliphatic heterocycles. The van der Waals surface area contributed by atoms with Crippen LogP contribution in [-0.2, 0) is 4.74 Å². The molecule has 160 valence electrons. The number of hydrogen-bond donors (Lipinski definition) is 0. The van der Waals surface area contributed by atoms with Gasteiger partial charge in [-0.3, -0.25) is 9.78 Å². The van der Waals surface area contributed by atoms with Gasteiger partial charge in [-0.2, -0.15) is 0 Å². The van der Waals surface area contributed by atoms with Crippen molar-refractivity contribution in [3.63, 3.8) is 0 Å². The highest BCUT2D eigenvalue weighted by atomic mass is 16.5. The SMILES string of the molecule is CN1CCN(CC2COC3(CCCN(C(=O)c4ccc5ncccc5c4)C3)C2)CC1. The molecule has 5 rings (SSSR count). The summed E-state index contributed by atoms with van der Waals surface area (Å²) in [7, 11) is 2.20. The van der Waals surface area contributed by atoms with Crippen LogP contribution >= 0.6 is 0 Å². The van der Waals surface area contributed by atoms with Gasteiger partial charge in [0.05, 0.1) is 17.7 Å². The molecule has 0 aliphatic carbocycles. The van der Waals surface area contributed by atoms with Crippen LogP contribution in [0.2, 0.25) is 0 Å². The zero-order valence-corrected chi connectivity index (χ0v) is 17.9. The smallest absolute Gasteiger partial charge is 0.253 e. The van der Waals surface area contributed by atoms with E-state index in [1.807, 2.05) is 35.2 Å². The van der Waals surface area contributed by atoms with Crippen molar-refractivity contribution < 1.29 is 9.53 Å². The maximum absolute atomic E-state index is 13.2. The fourth-order valence-corrected chi connectivity index (χ4v) is 5.40. The van der Waals surface area contributed by atoms with Crippen LogP contribution in [0.25, 0.3) is 10.9 Å². The molecule has 6 heteroatoms. The van der Waals surface area contributed by atoms with Gasteiger partial charge < -0.3 is 19.4 Å².